The molecule has 0 unspecified atom stereocenters. The molecule has 4 aromatic rings. The van der Waals surface area contributed by atoms with E-state index < -0.39 is 17.5 Å². The Morgan fingerprint density at radius 1 is 0.933 bits per heavy atom. The van der Waals surface area contributed by atoms with Crippen LogP contribution in [-0.4, -0.2) is 20.9 Å². The van der Waals surface area contributed by atoms with Crippen LogP contribution in [0, 0.1) is 11.6 Å². The fraction of sp³-hybridized carbons (Fsp3) is 0. The molecule has 0 saturated carbocycles. The molecule has 148 valence electrons. The van der Waals surface area contributed by atoms with Crippen molar-refractivity contribution in [2.75, 3.05) is 11.1 Å². The summed E-state index contributed by atoms with van der Waals surface area (Å²) in [6.07, 6.45) is 5.72. The zero-order valence-electron chi connectivity index (χ0n) is 15.5. The van der Waals surface area contributed by atoms with Gasteiger partial charge in [0.25, 0.3) is 5.91 Å². The number of nitrogens with zero attached hydrogens (tertiary/aromatic N) is 3. The Hall–Kier alpha value is -4.20. The number of nitrogens with one attached hydrogen (secondary N) is 1. The number of nitrogen functional groups attached to an aromatic ring is 1. The Kier molecular flexibility index (Phi) is 5.13. The van der Waals surface area contributed by atoms with E-state index in [0.717, 1.165) is 12.3 Å². The third kappa shape index (κ3) is 3.83. The van der Waals surface area contributed by atoms with Gasteiger partial charge in [-0.3, -0.25) is 14.8 Å². The maximum atomic E-state index is 14.5. The number of carbonyl (C=O) groups excluding carboxylic acids is 1. The van der Waals surface area contributed by atoms with Crippen LogP contribution >= 0.6 is 0 Å². The molecule has 4 rings (SSSR count). The topological polar surface area (TPSA) is 93.8 Å². The Morgan fingerprint density at radius 3 is 2.50 bits per heavy atom. The highest BCUT2D eigenvalue weighted by Gasteiger charge is 2.18. The quantitative estimate of drug-likeness (QED) is 0.529. The summed E-state index contributed by atoms with van der Waals surface area (Å²) in [7, 11) is 0. The van der Waals surface area contributed by atoms with E-state index in [1.54, 1.807) is 24.5 Å². The lowest BCUT2D eigenvalue weighted by atomic mass is 10.00. The molecule has 0 atom stereocenters. The van der Waals surface area contributed by atoms with Gasteiger partial charge < -0.3 is 11.1 Å². The number of benzene rings is 1. The minimum absolute atomic E-state index is 0.0248. The second-order valence-corrected chi connectivity index (χ2v) is 6.38. The van der Waals surface area contributed by atoms with Crippen molar-refractivity contribution in [3.8, 4) is 22.4 Å². The third-order valence-corrected chi connectivity index (χ3v) is 4.38. The number of amides is 1. The van der Waals surface area contributed by atoms with Crippen LogP contribution < -0.4 is 11.1 Å². The summed E-state index contributed by atoms with van der Waals surface area (Å²) in [6, 6.07) is 11.7. The second-order valence-electron chi connectivity index (χ2n) is 6.38. The summed E-state index contributed by atoms with van der Waals surface area (Å²) >= 11 is 0. The predicted molar refractivity (Wildman–Crippen MR) is 109 cm³/mol. The van der Waals surface area contributed by atoms with E-state index in [9.17, 15) is 13.6 Å². The van der Waals surface area contributed by atoms with Crippen molar-refractivity contribution < 1.29 is 13.6 Å². The van der Waals surface area contributed by atoms with Gasteiger partial charge >= 0.3 is 0 Å². The molecule has 0 aliphatic heterocycles. The minimum atomic E-state index is -0.571. The first-order valence-electron chi connectivity index (χ1n) is 8.90. The highest BCUT2D eigenvalue weighted by atomic mass is 19.1. The third-order valence-electron chi connectivity index (χ3n) is 4.38. The minimum Gasteiger partial charge on any atom is -0.382 e. The summed E-state index contributed by atoms with van der Waals surface area (Å²) in [5.41, 5.74) is 8.01. The van der Waals surface area contributed by atoms with Gasteiger partial charge in [-0.25, -0.2) is 13.8 Å². The standard InChI is InChI=1S/C22H15F2N5O/c23-15-5-1-3-13(9-15)22(30)28-19-10-17(16-6-8-27-12-18(16)24)20(29-21(19)25)14-4-2-7-26-11-14/h1-12H,(H2,25,29)(H,28,30). The normalized spacial score (nSPS) is 10.6. The Morgan fingerprint density at radius 2 is 1.77 bits per heavy atom. The second kappa shape index (κ2) is 8.04. The lowest BCUT2D eigenvalue weighted by Crippen LogP contribution is -2.14. The number of halogens is 2. The Balaban J connectivity index is 1.82. The molecule has 1 aromatic carbocycles. The van der Waals surface area contributed by atoms with Crippen LogP contribution in [0.2, 0.25) is 0 Å². The van der Waals surface area contributed by atoms with Gasteiger partial charge in [0, 0.05) is 40.8 Å². The molecule has 0 aliphatic carbocycles. The van der Waals surface area contributed by atoms with Crippen molar-refractivity contribution in [3.63, 3.8) is 0 Å². The van der Waals surface area contributed by atoms with Gasteiger partial charge in [-0.1, -0.05) is 6.07 Å². The molecule has 6 nitrogen and oxygen atoms in total. The lowest BCUT2D eigenvalue weighted by Gasteiger charge is -2.15. The van der Waals surface area contributed by atoms with Gasteiger partial charge in [0.1, 0.15) is 17.5 Å². The first-order valence-corrected chi connectivity index (χ1v) is 8.90. The highest BCUT2D eigenvalue weighted by molar-refractivity contribution is 6.06. The van der Waals surface area contributed by atoms with Gasteiger partial charge in [0.05, 0.1) is 17.6 Å². The molecule has 0 saturated heterocycles. The Bertz CT molecular complexity index is 1230. The van der Waals surface area contributed by atoms with Crippen LogP contribution in [0.15, 0.2) is 73.3 Å². The zero-order valence-corrected chi connectivity index (χ0v) is 15.5. The van der Waals surface area contributed by atoms with Crippen molar-refractivity contribution in [3.05, 3.63) is 90.5 Å². The molecule has 3 N–H and O–H groups in total. The number of pyridine rings is 3. The SMILES string of the molecule is Nc1nc(-c2cccnc2)c(-c2ccncc2F)cc1NC(=O)c1cccc(F)c1. The molecule has 1 amide bonds. The van der Waals surface area contributed by atoms with Gasteiger partial charge in [0.15, 0.2) is 0 Å². The van der Waals surface area contributed by atoms with Crippen molar-refractivity contribution >= 4 is 17.4 Å². The smallest absolute Gasteiger partial charge is 0.255 e. The molecule has 3 aromatic heterocycles. The van der Waals surface area contributed by atoms with E-state index >= 15 is 0 Å². The summed E-state index contributed by atoms with van der Waals surface area (Å²) < 4.78 is 28.0. The molecule has 0 bridgehead atoms. The largest absolute Gasteiger partial charge is 0.382 e. The number of nitrogens with two attached hydrogens (primary N) is 1. The number of carbonyl (C=O) groups is 1. The summed E-state index contributed by atoms with van der Waals surface area (Å²) in [4.78, 5) is 24.8. The van der Waals surface area contributed by atoms with E-state index in [4.69, 9.17) is 5.73 Å². The average Bonchev–Trinajstić information content (AvgIpc) is 2.76. The molecule has 0 aliphatic rings. The van der Waals surface area contributed by atoms with Crippen LogP contribution in [-0.2, 0) is 0 Å². The zero-order chi connectivity index (χ0) is 21.1. The molecule has 0 spiro atoms. The number of aromatic nitrogens is 3. The number of hydrogen-bond donors (Lipinski definition) is 2. The van der Waals surface area contributed by atoms with Crippen LogP contribution in [0.25, 0.3) is 22.4 Å². The fourth-order valence-electron chi connectivity index (χ4n) is 2.97. The maximum Gasteiger partial charge on any atom is 0.255 e. The molecule has 0 fully saturated rings. The van der Waals surface area contributed by atoms with Crippen LogP contribution in [0.3, 0.4) is 0 Å². The Labute approximate surface area is 170 Å². The number of hydrogen-bond acceptors (Lipinski definition) is 5. The first-order chi connectivity index (χ1) is 14.5. The summed E-state index contributed by atoms with van der Waals surface area (Å²) in [5, 5.41) is 2.62. The van der Waals surface area contributed by atoms with E-state index in [1.807, 2.05) is 0 Å². The van der Waals surface area contributed by atoms with Crippen LogP contribution in [0.5, 0.6) is 0 Å². The van der Waals surface area contributed by atoms with Gasteiger partial charge in [-0.2, -0.15) is 0 Å². The molecule has 8 heteroatoms. The van der Waals surface area contributed by atoms with Crippen molar-refractivity contribution in [2.24, 2.45) is 0 Å². The molecule has 3 heterocycles. The van der Waals surface area contributed by atoms with Crippen molar-refractivity contribution in [2.45, 2.75) is 0 Å². The van der Waals surface area contributed by atoms with Crippen LogP contribution in [0.4, 0.5) is 20.3 Å². The number of anilines is 2. The van der Waals surface area contributed by atoms with E-state index in [0.29, 0.717) is 16.8 Å². The summed E-state index contributed by atoms with van der Waals surface area (Å²) in [6.45, 7) is 0. The first kappa shape index (κ1) is 19.1. The monoisotopic (exact) mass is 403 g/mol. The lowest BCUT2D eigenvalue weighted by molar-refractivity contribution is 0.102. The summed E-state index contributed by atoms with van der Waals surface area (Å²) in [5.74, 6) is -1.65. The van der Waals surface area contributed by atoms with Crippen molar-refractivity contribution in [1.29, 1.82) is 0 Å². The van der Waals surface area contributed by atoms with E-state index in [-0.39, 0.29) is 22.6 Å². The van der Waals surface area contributed by atoms with Gasteiger partial charge in [-0.05, 0) is 42.5 Å². The fourth-order valence-corrected chi connectivity index (χ4v) is 2.97. The highest BCUT2D eigenvalue weighted by Crippen LogP contribution is 2.36. The van der Waals surface area contributed by atoms with Gasteiger partial charge in [0.2, 0.25) is 0 Å². The maximum absolute atomic E-state index is 14.5. The van der Waals surface area contributed by atoms with E-state index in [2.05, 4.69) is 20.3 Å². The number of rotatable bonds is 4. The molecular weight excluding hydrogens is 388 g/mol. The van der Waals surface area contributed by atoms with Gasteiger partial charge in [-0.15, -0.1) is 0 Å². The predicted octanol–water partition coefficient (Wildman–Crippen LogP) is 4.32. The molecular formula is C22H15F2N5O. The van der Waals surface area contributed by atoms with Crippen LogP contribution in [0.1, 0.15) is 10.4 Å². The van der Waals surface area contributed by atoms with E-state index in [1.165, 1.54) is 36.5 Å². The average molecular weight is 403 g/mol. The molecule has 0 radical (unpaired) electrons. The van der Waals surface area contributed by atoms with Crippen molar-refractivity contribution in [1.82, 2.24) is 15.0 Å². The molecule has 30 heavy (non-hydrogen) atoms.